The minimum absolute atomic E-state index is 0.161. The number of esters is 1. The lowest BCUT2D eigenvalue weighted by Crippen LogP contribution is -2.25. The molecule has 0 radical (unpaired) electrons. The Bertz CT molecular complexity index is 1120. The highest BCUT2D eigenvalue weighted by molar-refractivity contribution is 7.08. The molecule has 9 heteroatoms. The van der Waals surface area contributed by atoms with E-state index < -0.39 is 5.97 Å². The van der Waals surface area contributed by atoms with E-state index in [4.69, 9.17) is 9.26 Å². The minimum atomic E-state index is -0.598. The highest BCUT2D eigenvalue weighted by atomic mass is 32.1. The number of nitrogens with zero attached hydrogens (tertiary/aromatic N) is 4. The van der Waals surface area contributed by atoms with Crippen molar-refractivity contribution in [2.24, 2.45) is 0 Å². The standard InChI is InChI=1S/C17H12N4O4S/c22-15(7-21-10-18-13-4-2-1-3-12(13)17(21)23)24-8-14-19-16(20-25-14)11-5-6-26-9-11/h1-6,9-10H,7-8H2. The monoisotopic (exact) mass is 368 g/mol. The molecule has 4 aromatic rings. The van der Waals surface area contributed by atoms with Crippen molar-refractivity contribution < 1.29 is 14.1 Å². The number of para-hydroxylation sites is 1. The second kappa shape index (κ2) is 6.89. The molecule has 3 aromatic heterocycles. The van der Waals surface area contributed by atoms with Gasteiger partial charge >= 0.3 is 5.97 Å². The molecular formula is C17H12N4O4S. The summed E-state index contributed by atoms with van der Waals surface area (Å²) in [5, 5.41) is 8.07. The second-order valence-corrected chi connectivity index (χ2v) is 6.16. The number of thiophene rings is 1. The fraction of sp³-hybridized carbons (Fsp3) is 0.118. The van der Waals surface area contributed by atoms with Crippen LogP contribution < -0.4 is 5.56 Å². The Labute approximate surface area is 150 Å². The lowest BCUT2D eigenvalue weighted by Gasteiger charge is -2.06. The number of benzene rings is 1. The first-order chi connectivity index (χ1) is 12.7. The Morgan fingerprint density at radius 1 is 1.27 bits per heavy atom. The van der Waals surface area contributed by atoms with Crippen LogP contribution in [0.3, 0.4) is 0 Å². The largest absolute Gasteiger partial charge is 0.454 e. The van der Waals surface area contributed by atoms with Crippen molar-refractivity contribution >= 4 is 28.2 Å². The van der Waals surface area contributed by atoms with Crippen molar-refractivity contribution in [2.75, 3.05) is 0 Å². The van der Waals surface area contributed by atoms with E-state index in [-0.39, 0.29) is 24.6 Å². The summed E-state index contributed by atoms with van der Waals surface area (Å²) in [5.74, 6) is 0.0234. The van der Waals surface area contributed by atoms with Crippen LogP contribution in [0.4, 0.5) is 0 Å². The molecule has 0 saturated heterocycles. The zero-order chi connectivity index (χ0) is 17.9. The quantitative estimate of drug-likeness (QED) is 0.498. The lowest BCUT2D eigenvalue weighted by atomic mass is 10.2. The van der Waals surface area contributed by atoms with E-state index >= 15 is 0 Å². The fourth-order valence-electron chi connectivity index (χ4n) is 2.37. The molecule has 4 rings (SSSR count). The van der Waals surface area contributed by atoms with Crippen LogP contribution in [-0.4, -0.2) is 25.7 Å². The van der Waals surface area contributed by atoms with E-state index in [1.165, 1.54) is 22.2 Å². The van der Waals surface area contributed by atoms with Gasteiger partial charge in [-0.25, -0.2) is 4.98 Å². The first kappa shape index (κ1) is 16.2. The zero-order valence-electron chi connectivity index (χ0n) is 13.4. The van der Waals surface area contributed by atoms with E-state index in [2.05, 4.69) is 15.1 Å². The maximum Gasteiger partial charge on any atom is 0.326 e. The Hall–Kier alpha value is -3.33. The summed E-state index contributed by atoms with van der Waals surface area (Å²) in [7, 11) is 0. The summed E-state index contributed by atoms with van der Waals surface area (Å²) < 4.78 is 11.4. The van der Waals surface area contributed by atoms with E-state index in [0.717, 1.165) is 5.56 Å². The maximum absolute atomic E-state index is 12.3. The minimum Gasteiger partial charge on any atom is -0.454 e. The van der Waals surface area contributed by atoms with Gasteiger partial charge in [0.15, 0.2) is 6.61 Å². The van der Waals surface area contributed by atoms with Crippen molar-refractivity contribution in [3.05, 3.63) is 63.7 Å². The van der Waals surface area contributed by atoms with Gasteiger partial charge in [-0.1, -0.05) is 17.3 Å². The second-order valence-electron chi connectivity index (χ2n) is 5.38. The first-order valence-electron chi connectivity index (χ1n) is 7.65. The van der Waals surface area contributed by atoms with Gasteiger partial charge in [0.25, 0.3) is 11.4 Å². The topological polar surface area (TPSA) is 100 Å². The van der Waals surface area contributed by atoms with E-state index in [1.54, 1.807) is 24.3 Å². The number of ether oxygens (including phenoxy) is 1. The van der Waals surface area contributed by atoms with Crippen LogP contribution >= 0.6 is 11.3 Å². The van der Waals surface area contributed by atoms with Crippen LogP contribution in [0.2, 0.25) is 0 Å². The van der Waals surface area contributed by atoms with Crippen LogP contribution in [0.25, 0.3) is 22.3 Å². The molecule has 8 nitrogen and oxygen atoms in total. The number of hydrogen-bond acceptors (Lipinski definition) is 8. The summed E-state index contributed by atoms with van der Waals surface area (Å²) in [6.45, 7) is -0.409. The highest BCUT2D eigenvalue weighted by Crippen LogP contribution is 2.18. The number of rotatable bonds is 5. The molecule has 130 valence electrons. The van der Waals surface area contributed by atoms with Gasteiger partial charge in [0.05, 0.1) is 17.2 Å². The fourth-order valence-corrected chi connectivity index (χ4v) is 3.00. The molecule has 0 atom stereocenters. The lowest BCUT2D eigenvalue weighted by molar-refractivity contribution is -0.146. The average molecular weight is 368 g/mol. The molecule has 0 aliphatic rings. The smallest absolute Gasteiger partial charge is 0.326 e. The summed E-state index contributed by atoms with van der Waals surface area (Å²) >= 11 is 1.52. The van der Waals surface area contributed by atoms with Crippen molar-refractivity contribution in [2.45, 2.75) is 13.2 Å². The third-order valence-electron chi connectivity index (χ3n) is 3.64. The molecule has 0 fully saturated rings. The molecule has 1 aromatic carbocycles. The van der Waals surface area contributed by atoms with Crippen molar-refractivity contribution in [1.82, 2.24) is 19.7 Å². The van der Waals surface area contributed by atoms with Crippen LogP contribution in [0, 0.1) is 0 Å². The Morgan fingerprint density at radius 3 is 3.00 bits per heavy atom. The van der Waals surface area contributed by atoms with E-state index in [0.29, 0.717) is 16.7 Å². The molecule has 0 unspecified atom stereocenters. The zero-order valence-corrected chi connectivity index (χ0v) is 14.2. The van der Waals surface area contributed by atoms with Crippen molar-refractivity contribution in [3.8, 4) is 11.4 Å². The van der Waals surface area contributed by atoms with Crippen LogP contribution in [0.15, 0.2) is 56.7 Å². The normalized spacial score (nSPS) is 10.9. The molecule has 0 amide bonds. The number of hydrogen-bond donors (Lipinski definition) is 0. The van der Waals surface area contributed by atoms with Gasteiger partial charge in [-0.15, -0.1) is 0 Å². The molecule has 0 aliphatic heterocycles. The average Bonchev–Trinajstić information content (AvgIpc) is 3.34. The van der Waals surface area contributed by atoms with Gasteiger partial charge in [0.2, 0.25) is 5.82 Å². The number of carbonyl (C=O) groups is 1. The number of carbonyl (C=O) groups excluding carboxylic acids is 1. The molecule has 26 heavy (non-hydrogen) atoms. The summed E-state index contributed by atoms with van der Waals surface area (Å²) in [6, 6.07) is 8.80. The molecule has 0 spiro atoms. The van der Waals surface area contributed by atoms with E-state index in [9.17, 15) is 9.59 Å². The molecule has 0 aliphatic carbocycles. The third kappa shape index (κ3) is 3.24. The SMILES string of the molecule is O=C(Cn1cnc2ccccc2c1=O)OCc1nc(-c2ccsc2)no1. The van der Waals surface area contributed by atoms with Crippen molar-refractivity contribution in [3.63, 3.8) is 0 Å². The first-order valence-corrected chi connectivity index (χ1v) is 8.60. The summed E-state index contributed by atoms with van der Waals surface area (Å²) in [4.78, 5) is 32.7. The predicted molar refractivity (Wildman–Crippen MR) is 93.4 cm³/mol. The number of fused-ring (bicyclic) bond motifs is 1. The molecule has 0 N–H and O–H groups in total. The predicted octanol–water partition coefficient (Wildman–Crippen LogP) is 2.25. The van der Waals surface area contributed by atoms with E-state index in [1.807, 2.05) is 16.8 Å². The van der Waals surface area contributed by atoms with Gasteiger partial charge in [-0.3, -0.25) is 14.2 Å². The Morgan fingerprint density at radius 2 is 2.15 bits per heavy atom. The van der Waals surface area contributed by atoms with Gasteiger partial charge in [0, 0.05) is 10.9 Å². The molecule has 3 heterocycles. The Kier molecular flexibility index (Phi) is 4.28. The Balaban J connectivity index is 1.42. The third-order valence-corrected chi connectivity index (χ3v) is 4.32. The maximum atomic E-state index is 12.3. The number of aromatic nitrogens is 4. The van der Waals surface area contributed by atoms with Crippen molar-refractivity contribution in [1.29, 1.82) is 0 Å². The summed E-state index contributed by atoms with van der Waals surface area (Å²) in [5.41, 5.74) is 1.11. The van der Waals surface area contributed by atoms with Gasteiger partial charge in [-0.2, -0.15) is 16.3 Å². The van der Waals surface area contributed by atoms with Crippen LogP contribution in [-0.2, 0) is 22.7 Å². The van der Waals surface area contributed by atoms with Crippen LogP contribution in [0.5, 0.6) is 0 Å². The molecule has 0 saturated carbocycles. The highest BCUT2D eigenvalue weighted by Gasteiger charge is 2.13. The van der Waals surface area contributed by atoms with Gasteiger partial charge in [0.1, 0.15) is 6.54 Å². The summed E-state index contributed by atoms with van der Waals surface area (Å²) in [6.07, 6.45) is 1.33. The van der Waals surface area contributed by atoms with Gasteiger partial charge in [-0.05, 0) is 23.6 Å². The van der Waals surface area contributed by atoms with Gasteiger partial charge < -0.3 is 9.26 Å². The molecule has 0 bridgehead atoms. The molecular weight excluding hydrogens is 356 g/mol. The van der Waals surface area contributed by atoms with Crippen LogP contribution in [0.1, 0.15) is 5.89 Å².